The van der Waals surface area contributed by atoms with Crippen molar-refractivity contribution in [1.82, 2.24) is 0 Å². The number of benzene rings is 1. The van der Waals surface area contributed by atoms with Crippen LogP contribution >= 0.6 is 0 Å². The Balaban J connectivity index is 1.91. The van der Waals surface area contributed by atoms with Gasteiger partial charge in [-0.15, -0.1) is 0 Å². The van der Waals surface area contributed by atoms with E-state index >= 15 is 0 Å². The zero-order valence-corrected chi connectivity index (χ0v) is 11.7. The van der Waals surface area contributed by atoms with Gasteiger partial charge < -0.3 is 19.3 Å². The van der Waals surface area contributed by atoms with Gasteiger partial charge >= 0.3 is 5.97 Å². The summed E-state index contributed by atoms with van der Waals surface area (Å²) < 4.78 is 17.0. The summed E-state index contributed by atoms with van der Waals surface area (Å²) in [6.07, 6.45) is -0.471. The molecule has 5 nitrogen and oxygen atoms in total. The van der Waals surface area contributed by atoms with Crippen molar-refractivity contribution in [2.75, 3.05) is 0 Å². The van der Waals surface area contributed by atoms with Crippen LogP contribution in [-0.4, -0.2) is 29.3 Å². The number of hydrogen-bond acceptors (Lipinski definition) is 4. The van der Waals surface area contributed by atoms with E-state index in [0.717, 1.165) is 5.56 Å². The second-order valence-electron chi connectivity index (χ2n) is 5.32. The molecule has 0 aliphatic carbocycles. The number of rotatable bonds is 5. The van der Waals surface area contributed by atoms with Crippen molar-refractivity contribution in [2.45, 2.75) is 51.5 Å². The molecule has 1 fully saturated rings. The summed E-state index contributed by atoms with van der Waals surface area (Å²) in [4.78, 5) is 10.8. The number of carboxylic acid groups (broad SMARTS) is 1. The quantitative estimate of drug-likeness (QED) is 0.898. The third kappa shape index (κ3) is 4.59. The second kappa shape index (κ2) is 6.35. The van der Waals surface area contributed by atoms with Crippen LogP contribution < -0.4 is 0 Å². The molecule has 1 aromatic carbocycles. The van der Waals surface area contributed by atoms with Gasteiger partial charge in [0.05, 0.1) is 19.1 Å². The lowest BCUT2D eigenvalue weighted by atomic mass is 10.1. The highest BCUT2D eigenvalue weighted by Gasteiger charge is 2.36. The third-order valence-corrected chi connectivity index (χ3v) is 3.00. The fourth-order valence-corrected chi connectivity index (χ4v) is 2.24. The topological polar surface area (TPSA) is 65.0 Å². The molecule has 20 heavy (non-hydrogen) atoms. The van der Waals surface area contributed by atoms with Gasteiger partial charge in [0, 0.05) is 6.42 Å². The van der Waals surface area contributed by atoms with Gasteiger partial charge in [-0.2, -0.15) is 0 Å². The Kier molecular flexibility index (Phi) is 4.75. The molecule has 2 atom stereocenters. The summed E-state index contributed by atoms with van der Waals surface area (Å²) >= 11 is 0. The van der Waals surface area contributed by atoms with E-state index in [1.165, 1.54) is 0 Å². The van der Waals surface area contributed by atoms with E-state index in [9.17, 15) is 4.79 Å². The molecule has 0 saturated carbocycles. The Morgan fingerprint density at radius 1 is 1.35 bits per heavy atom. The van der Waals surface area contributed by atoms with Crippen molar-refractivity contribution >= 4 is 5.97 Å². The molecule has 110 valence electrons. The highest BCUT2D eigenvalue weighted by molar-refractivity contribution is 5.67. The van der Waals surface area contributed by atoms with Gasteiger partial charge in [0.2, 0.25) is 0 Å². The van der Waals surface area contributed by atoms with Crippen LogP contribution in [-0.2, 0) is 25.6 Å². The lowest BCUT2D eigenvalue weighted by Gasteiger charge is -2.40. The summed E-state index contributed by atoms with van der Waals surface area (Å²) in [7, 11) is 0. The van der Waals surface area contributed by atoms with E-state index in [-0.39, 0.29) is 6.42 Å². The molecule has 0 aromatic heterocycles. The van der Waals surface area contributed by atoms with Gasteiger partial charge in [-0.25, -0.2) is 0 Å². The Morgan fingerprint density at radius 2 is 2.05 bits per heavy atom. The lowest BCUT2D eigenvalue weighted by molar-refractivity contribution is -0.352. The highest BCUT2D eigenvalue weighted by atomic mass is 16.8. The fourth-order valence-electron chi connectivity index (χ4n) is 2.24. The van der Waals surface area contributed by atoms with Gasteiger partial charge in [-0.05, 0) is 19.4 Å². The zero-order chi connectivity index (χ0) is 14.6. The van der Waals surface area contributed by atoms with E-state index in [2.05, 4.69) is 0 Å². The Labute approximate surface area is 118 Å². The van der Waals surface area contributed by atoms with Crippen LogP contribution in [0.2, 0.25) is 0 Å². The Morgan fingerprint density at radius 3 is 2.70 bits per heavy atom. The van der Waals surface area contributed by atoms with Crippen molar-refractivity contribution in [2.24, 2.45) is 0 Å². The largest absolute Gasteiger partial charge is 0.481 e. The Hall–Kier alpha value is -1.43. The maximum atomic E-state index is 10.8. The summed E-state index contributed by atoms with van der Waals surface area (Å²) in [5.41, 5.74) is 1.05. The van der Waals surface area contributed by atoms with Gasteiger partial charge in [-0.1, -0.05) is 30.3 Å². The van der Waals surface area contributed by atoms with Crippen molar-refractivity contribution in [3.63, 3.8) is 0 Å². The number of hydrogen-bond donors (Lipinski definition) is 1. The average Bonchev–Trinajstić information content (AvgIpc) is 2.35. The van der Waals surface area contributed by atoms with Crippen molar-refractivity contribution in [1.29, 1.82) is 0 Å². The molecule has 1 N–H and O–H groups in total. The fraction of sp³-hybridized carbons (Fsp3) is 0.533. The zero-order valence-electron chi connectivity index (χ0n) is 11.7. The maximum Gasteiger partial charge on any atom is 0.305 e. The molecular weight excluding hydrogens is 260 g/mol. The van der Waals surface area contributed by atoms with Crippen LogP contribution in [0.4, 0.5) is 0 Å². The highest BCUT2D eigenvalue weighted by Crippen LogP contribution is 2.29. The summed E-state index contributed by atoms with van der Waals surface area (Å²) in [6, 6.07) is 9.78. The number of carbonyl (C=O) groups is 1. The molecule has 5 heteroatoms. The molecule has 0 radical (unpaired) electrons. The normalized spacial score (nSPS) is 25.3. The monoisotopic (exact) mass is 280 g/mol. The van der Waals surface area contributed by atoms with Crippen molar-refractivity contribution in [3.8, 4) is 0 Å². The molecular formula is C15H20O5. The molecule has 0 unspecified atom stereocenters. The minimum Gasteiger partial charge on any atom is -0.481 e. The molecule has 2 rings (SSSR count). The minimum atomic E-state index is -0.880. The Bertz CT molecular complexity index is 443. The van der Waals surface area contributed by atoms with E-state index < -0.39 is 24.2 Å². The van der Waals surface area contributed by atoms with Crippen LogP contribution in [0.15, 0.2) is 30.3 Å². The van der Waals surface area contributed by atoms with Crippen molar-refractivity contribution in [3.05, 3.63) is 35.9 Å². The molecule has 0 bridgehead atoms. The van der Waals surface area contributed by atoms with E-state index in [0.29, 0.717) is 13.0 Å². The number of aliphatic carboxylic acids is 1. The summed E-state index contributed by atoms with van der Waals surface area (Å²) in [6.45, 7) is 3.96. The van der Waals surface area contributed by atoms with E-state index in [1.807, 2.05) is 30.3 Å². The average molecular weight is 280 g/mol. The molecule has 0 amide bonds. The minimum absolute atomic E-state index is 0.0437. The van der Waals surface area contributed by atoms with Gasteiger partial charge in [0.25, 0.3) is 0 Å². The van der Waals surface area contributed by atoms with Crippen LogP contribution in [0, 0.1) is 0 Å². The third-order valence-electron chi connectivity index (χ3n) is 3.00. The lowest BCUT2D eigenvalue weighted by Crippen LogP contribution is -2.46. The van der Waals surface area contributed by atoms with Gasteiger partial charge in [-0.3, -0.25) is 4.79 Å². The first kappa shape index (κ1) is 15.0. The standard InChI is InChI=1S/C15H20O5/c1-15(2)19-12(8-13(16)17)9-14(20-15)18-10-11-6-4-3-5-7-11/h3-7,12,14H,8-10H2,1-2H3,(H,16,17)/t12-,14-/m1/s1. The summed E-state index contributed by atoms with van der Waals surface area (Å²) in [5.74, 6) is -1.71. The molecule has 1 aliphatic rings. The van der Waals surface area contributed by atoms with Gasteiger partial charge in [0.1, 0.15) is 0 Å². The number of carboxylic acids is 1. The summed E-state index contributed by atoms with van der Waals surface area (Å²) in [5, 5.41) is 8.87. The molecule has 1 aliphatic heterocycles. The predicted molar refractivity (Wildman–Crippen MR) is 71.9 cm³/mol. The first-order chi connectivity index (χ1) is 9.44. The SMILES string of the molecule is CC1(C)O[C@H](CC(=O)O)C[C@H](OCc2ccccc2)O1. The van der Waals surface area contributed by atoms with Crippen LogP contribution in [0.5, 0.6) is 0 Å². The molecule has 1 heterocycles. The van der Waals surface area contributed by atoms with Crippen molar-refractivity contribution < 1.29 is 24.1 Å². The molecule has 0 spiro atoms. The first-order valence-electron chi connectivity index (χ1n) is 6.67. The maximum absolute atomic E-state index is 10.8. The van der Waals surface area contributed by atoms with Gasteiger partial charge in [0.15, 0.2) is 12.1 Å². The van der Waals surface area contributed by atoms with E-state index in [4.69, 9.17) is 19.3 Å². The number of ether oxygens (including phenoxy) is 3. The van der Waals surface area contributed by atoms with Crippen LogP contribution in [0.25, 0.3) is 0 Å². The van der Waals surface area contributed by atoms with Crippen LogP contribution in [0.1, 0.15) is 32.3 Å². The van der Waals surface area contributed by atoms with E-state index in [1.54, 1.807) is 13.8 Å². The second-order valence-corrected chi connectivity index (χ2v) is 5.32. The predicted octanol–water partition coefficient (Wildman–Crippen LogP) is 2.55. The van der Waals surface area contributed by atoms with Crippen LogP contribution in [0.3, 0.4) is 0 Å². The first-order valence-corrected chi connectivity index (χ1v) is 6.67. The molecule has 1 saturated heterocycles. The smallest absolute Gasteiger partial charge is 0.305 e. The molecule has 1 aromatic rings.